The molecular formula is C23H32N3O2+. The Balaban J connectivity index is 1.73. The first-order valence-electron chi connectivity index (χ1n) is 10.1. The van der Waals surface area contributed by atoms with Crippen molar-refractivity contribution >= 4 is 11.6 Å². The highest BCUT2D eigenvalue weighted by Gasteiger charge is 2.26. The quantitative estimate of drug-likeness (QED) is 0.772. The Kier molecular flexibility index (Phi) is 6.93. The van der Waals surface area contributed by atoms with E-state index in [0.717, 1.165) is 24.5 Å². The third-order valence-corrected chi connectivity index (χ3v) is 5.60. The summed E-state index contributed by atoms with van der Waals surface area (Å²) in [5.74, 6) is 0.847. The largest absolute Gasteiger partial charge is 0.497 e. The third kappa shape index (κ3) is 5.04. The van der Waals surface area contributed by atoms with Crippen molar-refractivity contribution in [3.63, 3.8) is 0 Å². The number of rotatable bonds is 7. The van der Waals surface area contributed by atoms with E-state index in [4.69, 9.17) is 4.74 Å². The second kappa shape index (κ2) is 9.60. The lowest BCUT2D eigenvalue weighted by Crippen LogP contribution is -3.13. The van der Waals surface area contributed by atoms with Crippen LogP contribution in [0.5, 0.6) is 5.75 Å². The van der Waals surface area contributed by atoms with Gasteiger partial charge in [0.25, 0.3) is 5.91 Å². The summed E-state index contributed by atoms with van der Waals surface area (Å²) in [5.41, 5.74) is 2.98. The molecule has 1 aliphatic rings. The van der Waals surface area contributed by atoms with Crippen molar-refractivity contribution in [2.24, 2.45) is 0 Å². The molecule has 1 aliphatic heterocycles. The summed E-state index contributed by atoms with van der Waals surface area (Å²) >= 11 is 0. The van der Waals surface area contributed by atoms with Crippen molar-refractivity contribution in [2.75, 3.05) is 45.7 Å². The lowest BCUT2D eigenvalue weighted by atomic mass is 10.0. The van der Waals surface area contributed by atoms with Crippen LogP contribution in [-0.4, -0.2) is 46.7 Å². The van der Waals surface area contributed by atoms with E-state index in [1.165, 1.54) is 24.8 Å². The highest BCUT2D eigenvalue weighted by atomic mass is 16.5. The molecular weight excluding hydrogens is 350 g/mol. The highest BCUT2D eigenvalue weighted by Crippen LogP contribution is 2.17. The van der Waals surface area contributed by atoms with Gasteiger partial charge in [-0.05, 0) is 61.7 Å². The number of likely N-dealkylation sites (tertiary alicyclic amines) is 1. The van der Waals surface area contributed by atoms with E-state index in [2.05, 4.69) is 17.4 Å². The number of nitrogens with zero attached hydrogens (tertiary/aromatic N) is 1. The van der Waals surface area contributed by atoms with Crippen LogP contribution >= 0.6 is 0 Å². The van der Waals surface area contributed by atoms with Crippen LogP contribution in [0.4, 0.5) is 5.69 Å². The molecule has 0 unspecified atom stereocenters. The molecule has 150 valence electrons. The van der Waals surface area contributed by atoms with Gasteiger partial charge >= 0.3 is 0 Å². The molecule has 28 heavy (non-hydrogen) atoms. The third-order valence-electron chi connectivity index (χ3n) is 5.60. The van der Waals surface area contributed by atoms with E-state index >= 15 is 0 Å². The zero-order valence-electron chi connectivity index (χ0n) is 17.2. The molecule has 1 saturated heterocycles. The molecule has 1 atom stereocenters. The van der Waals surface area contributed by atoms with Crippen LogP contribution in [0.15, 0.2) is 48.5 Å². The minimum atomic E-state index is -0.0152. The Bertz CT molecular complexity index is 768. The SMILES string of the molecule is COc1ccc([C@H](CNC(=O)c2cccc(N(C)C)c2)[NH+]2CCCCC2)cc1. The van der Waals surface area contributed by atoms with Crippen molar-refractivity contribution in [1.82, 2.24) is 5.32 Å². The molecule has 0 radical (unpaired) electrons. The molecule has 1 amide bonds. The van der Waals surface area contributed by atoms with Gasteiger partial charge in [0.1, 0.15) is 11.8 Å². The lowest BCUT2D eigenvalue weighted by Gasteiger charge is -2.32. The molecule has 2 aromatic rings. The predicted molar refractivity (Wildman–Crippen MR) is 113 cm³/mol. The van der Waals surface area contributed by atoms with E-state index in [-0.39, 0.29) is 11.9 Å². The predicted octanol–water partition coefficient (Wildman–Crippen LogP) is 2.30. The minimum Gasteiger partial charge on any atom is -0.497 e. The maximum Gasteiger partial charge on any atom is 0.251 e. The van der Waals surface area contributed by atoms with Crippen molar-refractivity contribution in [3.05, 3.63) is 59.7 Å². The van der Waals surface area contributed by atoms with Gasteiger partial charge in [-0.15, -0.1) is 0 Å². The highest BCUT2D eigenvalue weighted by molar-refractivity contribution is 5.95. The molecule has 3 rings (SSSR count). The Morgan fingerprint density at radius 1 is 1.11 bits per heavy atom. The molecule has 1 fully saturated rings. The number of amides is 1. The molecule has 0 aliphatic carbocycles. The maximum atomic E-state index is 12.8. The van der Waals surface area contributed by atoms with Crippen LogP contribution in [0.3, 0.4) is 0 Å². The molecule has 5 heteroatoms. The number of quaternary nitrogens is 1. The zero-order chi connectivity index (χ0) is 19.9. The Hall–Kier alpha value is -2.53. The standard InChI is InChI=1S/C23H31N3O2/c1-25(2)20-9-7-8-19(16-20)23(27)24-17-22(26-14-5-4-6-15-26)18-10-12-21(28-3)13-11-18/h7-13,16,22H,4-6,14-15,17H2,1-3H3,(H,24,27)/p+1/t22-/m0/s1. The van der Waals surface area contributed by atoms with Crippen molar-refractivity contribution in [3.8, 4) is 5.75 Å². The number of carbonyl (C=O) groups excluding carboxylic acids is 1. The molecule has 2 aromatic carbocycles. The van der Waals surface area contributed by atoms with Gasteiger partial charge in [-0.3, -0.25) is 4.79 Å². The Morgan fingerprint density at radius 2 is 1.82 bits per heavy atom. The molecule has 0 spiro atoms. The summed E-state index contributed by atoms with van der Waals surface area (Å²) in [6.07, 6.45) is 3.81. The van der Waals surface area contributed by atoms with Gasteiger partial charge in [-0.25, -0.2) is 0 Å². The van der Waals surface area contributed by atoms with Gasteiger partial charge in [0.05, 0.1) is 26.7 Å². The molecule has 1 heterocycles. The molecule has 0 aromatic heterocycles. The fourth-order valence-electron chi connectivity index (χ4n) is 3.91. The number of benzene rings is 2. The van der Waals surface area contributed by atoms with Gasteiger partial charge in [-0.2, -0.15) is 0 Å². The van der Waals surface area contributed by atoms with E-state index in [0.29, 0.717) is 12.1 Å². The van der Waals surface area contributed by atoms with E-state index < -0.39 is 0 Å². The van der Waals surface area contributed by atoms with Crippen LogP contribution in [-0.2, 0) is 0 Å². The number of anilines is 1. The zero-order valence-corrected chi connectivity index (χ0v) is 17.2. The first-order valence-corrected chi connectivity index (χ1v) is 10.1. The van der Waals surface area contributed by atoms with Crippen molar-refractivity contribution in [1.29, 1.82) is 0 Å². The van der Waals surface area contributed by atoms with Crippen LogP contribution in [0.1, 0.15) is 41.2 Å². The van der Waals surface area contributed by atoms with Gasteiger partial charge in [-0.1, -0.05) is 6.07 Å². The summed E-state index contributed by atoms with van der Waals surface area (Å²) in [5, 5.41) is 3.18. The number of hydrogen-bond donors (Lipinski definition) is 2. The van der Waals surface area contributed by atoms with Crippen LogP contribution in [0.2, 0.25) is 0 Å². The average molecular weight is 383 g/mol. The molecule has 2 N–H and O–H groups in total. The van der Waals surface area contributed by atoms with Crippen molar-refractivity contribution < 1.29 is 14.4 Å². The second-order valence-electron chi connectivity index (χ2n) is 7.70. The maximum absolute atomic E-state index is 12.8. The van der Waals surface area contributed by atoms with Crippen molar-refractivity contribution in [2.45, 2.75) is 25.3 Å². The summed E-state index contributed by atoms with van der Waals surface area (Å²) in [6.45, 7) is 2.94. The number of hydrogen-bond acceptors (Lipinski definition) is 3. The Morgan fingerprint density at radius 3 is 2.46 bits per heavy atom. The summed E-state index contributed by atoms with van der Waals surface area (Å²) < 4.78 is 5.30. The van der Waals surface area contributed by atoms with Crippen LogP contribution in [0, 0.1) is 0 Å². The van der Waals surface area contributed by atoms with E-state index in [1.807, 2.05) is 55.4 Å². The van der Waals surface area contributed by atoms with Gasteiger partial charge in [0.2, 0.25) is 0 Å². The van der Waals surface area contributed by atoms with E-state index in [1.54, 1.807) is 12.0 Å². The second-order valence-corrected chi connectivity index (χ2v) is 7.70. The van der Waals surface area contributed by atoms with Gasteiger partial charge in [0, 0.05) is 30.9 Å². The van der Waals surface area contributed by atoms with Crippen LogP contribution in [0.25, 0.3) is 0 Å². The van der Waals surface area contributed by atoms with Gasteiger partial charge < -0.3 is 19.9 Å². The normalized spacial score (nSPS) is 15.7. The number of nitrogens with one attached hydrogen (secondary N) is 2. The summed E-state index contributed by atoms with van der Waals surface area (Å²) in [4.78, 5) is 16.3. The fraction of sp³-hybridized carbons (Fsp3) is 0.435. The average Bonchev–Trinajstić information content (AvgIpc) is 2.75. The van der Waals surface area contributed by atoms with E-state index in [9.17, 15) is 4.79 Å². The summed E-state index contributed by atoms with van der Waals surface area (Å²) in [6, 6.07) is 16.3. The number of carbonyl (C=O) groups is 1. The topological polar surface area (TPSA) is 46.0 Å². The molecule has 0 saturated carbocycles. The number of methoxy groups -OCH3 is 1. The van der Waals surface area contributed by atoms with Crippen LogP contribution < -0.4 is 19.9 Å². The number of piperidine rings is 1. The lowest BCUT2D eigenvalue weighted by molar-refractivity contribution is -0.935. The fourth-order valence-corrected chi connectivity index (χ4v) is 3.91. The first-order chi connectivity index (χ1) is 13.6. The summed E-state index contributed by atoms with van der Waals surface area (Å²) in [7, 11) is 5.65. The monoisotopic (exact) mass is 382 g/mol. The number of ether oxygens (including phenoxy) is 1. The molecule has 5 nitrogen and oxygen atoms in total. The minimum absolute atomic E-state index is 0.0152. The van der Waals surface area contributed by atoms with Gasteiger partial charge in [0.15, 0.2) is 0 Å². The molecule has 0 bridgehead atoms. The Labute approximate surface area is 168 Å². The first kappa shape index (κ1) is 20.2. The smallest absolute Gasteiger partial charge is 0.251 e.